The monoisotopic (exact) mass is 298 g/mol. The summed E-state index contributed by atoms with van der Waals surface area (Å²) in [6, 6.07) is 4.06. The molecule has 1 aliphatic heterocycles. The molecular weight excluding hydrogens is 280 g/mol. The fourth-order valence-electron chi connectivity index (χ4n) is 2.04. The Balaban J connectivity index is 1.96. The molecular formula is C13H19BrN2O. The van der Waals surface area contributed by atoms with E-state index in [1.54, 1.807) is 0 Å². The van der Waals surface area contributed by atoms with E-state index in [0.717, 1.165) is 54.0 Å². The summed E-state index contributed by atoms with van der Waals surface area (Å²) in [5, 5.41) is 3.49. The normalized spacial score (nSPS) is 17.1. The SMILES string of the molecule is Cc1cc(NCC2CCOCC2)c(Br)cc1N. The van der Waals surface area contributed by atoms with Gasteiger partial charge in [0, 0.05) is 35.6 Å². The van der Waals surface area contributed by atoms with Crippen LogP contribution in [0.4, 0.5) is 11.4 Å². The van der Waals surface area contributed by atoms with E-state index >= 15 is 0 Å². The second-order valence-electron chi connectivity index (χ2n) is 4.63. The molecule has 17 heavy (non-hydrogen) atoms. The van der Waals surface area contributed by atoms with Gasteiger partial charge < -0.3 is 15.8 Å². The Morgan fingerprint density at radius 2 is 2.12 bits per heavy atom. The van der Waals surface area contributed by atoms with Gasteiger partial charge >= 0.3 is 0 Å². The molecule has 4 heteroatoms. The van der Waals surface area contributed by atoms with Crippen molar-refractivity contribution in [2.24, 2.45) is 5.92 Å². The Hall–Kier alpha value is -0.740. The highest BCUT2D eigenvalue weighted by molar-refractivity contribution is 9.10. The van der Waals surface area contributed by atoms with E-state index in [4.69, 9.17) is 10.5 Å². The highest BCUT2D eigenvalue weighted by Crippen LogP contribution is 2.28. The smallest absolute Gasteiger partial charge is 0.0488 e. The van der Waals surface area contributed by atoms with Crippen LogP contribution in [0.2, 0.25) is 0 Å². The van der Waals surface area contributed by atoms with Crippen LogP contribution < -0.4 is 11.1 Å². The molecule has 1 aromatic carbocycles. The number of nitrogen functional groups attached to an aromatic ring is 1. The molecule has 0 amide bonds. The van der Waals surface area contributed by atoms with E-state index in [1.807, 2.05) is 13.0 Å². The molecule has 2 rings (SSSR count). The van der Waals surface area contributed by atoms with Crippen LogP contribution in [-0.2, 0) is 4.74 Å². The summed E-state index contributed by atoms with van der Waals surface area (Å²) >= 11 is 3.54. The van der Waals surface area contributed by atoms with Crippen molar-refractivity contribution in [3.8, 4) is 0 Å². The number of benzene rings is 1. The summed E-state index contributed by atoms with van der Waals surface area (Å²) in [7, 11) is 0. The molecule has 1 saturated heterocycles. The minimum absolute atomic E-state index is 0.716. The molecule has 94 valence electrons. The zero-order chi connectivity index (χ0) is 12.3. The minimum atomic E-state index is 0.716. The number of hydrogen-bond acceptors (Lipinski definition) is 3. The quantitative estimate of drug-likeness (QED) is 0.843. The van der Waals surface area contributed by atoms with E-state index in [0.29, 0.717) is 5.92 Å². The molecule has 3 N–H and O–H groups in total. The van der Waals surface area contributed by atoms with Gasteiger partial charge in [-0.05, 0) is 59.3 Å². The Bertz CT molecular complexity index is 389. The molecule has 0 spiro atoms. The van der Waals surface area contributed by atoms with Crippen molar-refractivity contribution < 1.29 is 4.74 Å². The van der Waals surface area contributed by atoms with Gasteiger partial charge in [0.2, 0.25) is 0 Å². The molecule has 0 radical (unpaired) electrons. The number of rotatable bonds is 3. The van der Waals surface area contributed by atoms with Crippen LogP contribution in [0.1, 0.15) is 18.4 Å². The van der Waals surface area contributed by atoms with Crippen LogP contribution >= 0.6 is 15.9 Å². The molecule has 0 bridgehead atoms. The Morgan fingerprint density at radius 3 is 2.82 bits per heavy atom. The van der Waals surface area contributed by atoms with Gasteiger partial charge in [-0.2, -0.15) is 0 Å². The lowest BCUT2D eigenvalue weighted by atomic mass is 10.0. The Labute approximate surface area is 111 Å². The largest absolute Gasteiger partial charge is 0.398 e. The maximum Gasteiger partial charge on any atom is 0.0488 e. The summed E-state index contributed by atoms with van der Waals surface area (Å²) in [5.74, 6) is 0.716. The third-order valence-electron chi connectivity index (χ3n) is 3.28. The van der Waals surface area contributed by atoms with E-state index in [-0.39, 0.29) is 0 Å². The van der Waals surface area contributed by atoms with Crippen molar-refractivity contribution in [3.63, 3.8) is 0 Å². The van der Waals surface area contributed by atoms with Crippen molar-refractivity contribution in [2.45, 2.75) is 19.8 Å². The molecule has 0 aromatic heterocycles. The van der Waals surface area contributed by atoms with E-state index in [9.17, 15) is 0 Å². The van der Waals surface area contributed by atoms with Crippen LogP contribution in [0, 0.1) is 12.8 Å². The number of hydrogen-bond donors (Lipinski definition) is 2. The van der Waals surface area contributed by atoms with Gasteiger partial charge in [0.15, 0.2) is 0 Å². The van der Waals surface area contributed by atoms with E-state index in [2.05, 4.69) is 27.3 Å². The highest BCUT2D eigenvalue weighted by atomic mass is 79.9. The predicted octanol–water partition coefficient (Wildman–Crippen LogP) is 3.18. The van der Waals surface area contributed by atoms with Crippen LogP contribution in [0.3, 0.4) is 0 Å². The zero-order valence-electron chi connectivity index (χ0n) is 10.1. The van der Waals surface area contributed by atoms with Crippen molar-refractivity contribution in [1.82, 2.24) is 0 Å². The fraction of sp³-hybridized carbons (Fsp3) is 0.538. The summed E-state index contributed by atoms with van der Waals surface area (Å²) in [4.78, 5) is 0. The number of halogens is 1. The summed E-state index contributed by atoms with van der Waals surface area (Å²) in [6.45, 7) is 4.83. The maximum absolute atomic E-state index is 5.85. The first-order chi connectivity index (χ1) is 8.16. The van der Waals surface area contributed by atoms with E-state index < -0.39 is 0 Å². The van der Waals surface area contributed by atoms with Gasteiger partial charge in [-0.15, -0.1) is 0 Å². The van der Waals surface area contributed by atoms with Crippen molar-refractivity contribution in [3.05, 3.63) is 22.2 Å². The Morgan fingerprint density at radius 1 is 1.41 bits per heavy atom. The zero-order valence-corrected chi connectivity index (χ0v) is 11.7. The Kier molecular flexibility index (Phi) is 4.29. The standard InChI is InChI=1S/C13H19BrN2O/c1-9-6-13(11(14)7-12(9)15)16-8-10-2-4-17-5-3-10/h6-7,10,16H,2-5,8,15H2,1H3. The molecule has 3 nitrogen and oxygen atoms in total. The number of nitrogens with two attached hydrogens (primary N) is 1. The summed E-state index contributed by atoms with van der Waals surface area (Å²) < 4.78 is 6.39. The molecule has 0 unspecified atom stereocenters. The second kappa shape index (κ2) is 5.74. The third kappa shape index (κ3) is 3.36. The lowest BCUT2D eigenvalue weighted by molar-refractivity contribution is 0.0699. The molecule has 1 aliphatic rings. The molecule has 0 aliphatic carbocycles. The number of anilines is 2. The average molecular weight is 299 g/mol. The lowest BCUT2D eigenvalue weighted by Gasteiger charge is -2.23. The molecule has 0 atom stereocenters. The molecule has 1 aromatic rings. The van der Waals surface area contributed by atoms with Crippen LogP contribution in [0.25, 0.3) is 0 Å². The summed E-state index contributed by atoms with van der Waals surface area (Å²) in [6.07, 6.45) is 2.30. The first-order valence-electron chi connectivity index (χ1n) is 6.04. The van der Waals surface area contributed by atoms with Gasteiger partial charge in [-0.1, -0.05) is 0 Å². The van der Waals surface area contributed by atoms with E-state index in [1.165, 1.54) is 0 Å². The molecule has 1 fully saturated rings. The van der Waals surface area contributed by atoms with Crippen LogP contribution in [-0.4, -0.2) is 19.8 Å². The van der Waals surface area contributed by atoms with Crippen LogP contribution in [0.15, 0.2) is 16.6 Å². The third-order valence-corrected chi connectivity index (χ3v) is 3.93. The highest BCUT2D eigenvalue weighted by Gasteiger charge is 2.14. The van der Waals surface area contributed by atoms with Gasteiger partial charge in [0.1, 0.15) is 0 Å². The first-order valence-corrected chi connectivity index (χ1v) is 6.83. The second-order valence-corrected chi connectivity index (χ2v) is 5.48. The molecule has 0 saturated carbocycles. The number of aryl methyl sites for hydroxylation is 1. The molecule has 1 heterocycles. The average Bonchev–Trinajstić information content (AvgIpc) is 2.33. The predicted molar refractivity (Wildman–Crippen MR) is 75.3 cm³/mol. The first kappa shape index (κ1) is 12.7. The number of nitrogens with one attached hydrogen (secondary N) is 1. The van der Waals surface area contributed by atoms with Gasteiger partial charge in [0.25, 0.3) is 0 Å². The lowest BCUT2D eigenvalue weighted by Crippen LogP contribution is -2.22. The fourth-order valence-corrected chi connectivity index (χ4v) is 2.54. The maximum atomic E-state index is 5.85. The van der Waals surface area contributed by atoms with Gasteiger partial charge in [-0.25, -0.2) is 0 Å². The van der Waals surface area contributed by atoms with Gasteiger partial charge in [-0.3, -0.25) is 0 Å². The minimum Gasteiger partial charge on any atom is -0.398 e. The van der Waals surface area contributed by atoms with Crippen molar-refractivity contribution in [1.29, 1.82) is 0 Å². The summed E-state index contributed by atoms with van der Waals surface area (Å²) in [5.41, 5.74) is 8.92. The van der Waals surface area contributed by atoms with Crippen LogP contribution in [0.5, 0.6) is 0 Å². The van der Waals surface area contributed by atoms with Crippen molar-refractivity contribution >= 4 is 27.3 Å². The number of ether oxygens (including phenoxy) is 1. The van der Waals surface area contributed by atoms with Gasteiger partial charge in [0.05, 0.1) is 0 Å². The topological polar surface area (TPSA) is 47.3 Å². The van der Waals surface area contributed by atoms with Crippen molar-refractivity contribution in [2.75, 3.05) is 30.8 Å².